The number of carbonyl (C=O) groups excluding carboxylic acids is 1. The molecule has 0 N–H and O–H groups in total. The number of hydrogen-bond acceptors (Lipinski definition) is 5. The van der Waals surface area contributed by atoms with Gasteiger partial charge in [-0.05, 0) is 6.92 Å². The Kier molecular flexibility index (Phi) is 2.58. The number of hydrogen-bond donors (Lipinski definition) is 0. The molecule has 7 heteroatoms. The van der Waals surface area contributed by atoms with E-state index >= 15 is 0 Å². The lowest BCUT2D eigenvalue weighted by molar-refractivity contribution is -0.118. The van der Waals surface area contributed by atoms with Crippen LogP contribution >= 0.6 is 0 Å². The number of aryl methyl sites for hydroxylation is 1. The maximum Gasteiger partial charge on any atom is 0.254 e. The lowest BCUT2D eigenvalue weighted by Crippen LogP contribution is -2.46. The van der Waals surface area contributed by atoms with Gasteiger partial charge in [0.25, 0.3) is 5.78 Å². The molecule has 0 aliphatic carbocycles. The smallest absolute Gasteiger partial charge is 0.254 e. The molecular weight excluding hydrogens is 232 g/mol. The summed E-state index contributed by atoms with van der Waals surface area (Å²) in [5.41, 5.74) is 0.920. The summed E-state index contributed by atoms with van der Waals surface area (Å²) in [5.74, 6) is 1.60. The Balaban J connectivity index is 1.94. The molecule has 1 saturated heterocycles. The predicted molar refractivity (Wildman–Crippen MR) is 65.4 cm³/mol. The Morgan fingerprint density at radius 2 is 2.06 bits per heavy atom. The molecule has 2 aromatic heterocycles. The maximum atomic E-state index is 10.7. The topological polar surface area (TPSA) is 66.6 Å². The van der Waals surface area contributed by atoms with Gasteiger partial charge in [0.15, 0.2) is 0 Å². The van der Waals surface area contributed by atoms with Crippen molar-refractivity contribution in [3.05, 3.63) is 18.1 Å². The van der Waals surface area contributed by atoms with Gasteiger partial charge in [-0.1, -0.05) is 0 Å². The first-order valence-electron chi connectivity index (χ1n) is 5.89. The van der Waals surface area contributed by atoms with Crippen LogP contribution in [0.5, 0.6) is 0 Å². The highest BCUT2D eigenvalue weighted by atomic mass is 16.1. The largest absolute Gasteiger partial charge is 0.353 e. The van der Waals surface area contributed by atoms with Gasteiger partial charge in [-0.3, -0.25) is 4.79 Å². The van der Waals surface area contributed by atoms with Crippen LogP contribution in [0.3, 0.4) is 0 Å². The third-order valence-corrected chi connectivity index (χ3v) is 3.15. The second-order valence-electron chi connectivity index (χ2n) is 4.36. The molecule has 7 nitrogen and oxygen atoms in total. The highest BCUT2D eigenvalue weighted by molar-refractivity contribution is 5.51. The van der Waals surface area contributed by atoms with Crippen molar-refractivity contribution in [2.45, 2.75) is 6.92 Å². The number of anilines is 1. The molecule has 3 heterocycles. The zero-order chi connectivity index (χ0) is 12.5. The quantitative estimate of drug-likeness (QED) is 0.681. The fourth-order valence-electron chi connectivity index (χ4n) is 2.19. The molecule has 1 fully saturated rings. The van der Waals surface area contributed by atoms with Crippen LogP contribution < -0.4 is 4.90 Å². The van der Waals surface area contributed by atoms with Crippen molar-refractivity contribution in [2.24, 2.45) is 0 Å². The number of carbonyl (C=O) groups is 1. The van der Waals surface area contributed by atoms with Gasteiger partial charge in [-0.2, -0.15) is 14.6 Å². The second kappa shape index (κ2) is 4.25. The molecule has 2 aromatic rings. The molecular formula is C11H14N6O. The Morgan fingerprint density at radius 1 is 1.28 bits per heavy atom. The highest BCUT2D eigenvalue weighted by Crippen LogP contribution is 2.17. The van der Waals surface area contributed by atoms with E-state index in [0.29, 0.717) is 5.78 Å². The zero-order valence-corrected chi connectivity index (χ0v) is 10.2. The van der Waals surface area contributed by atoms with Gasteiger partial charge < -0.3 is 9.80 Å². The van der Waals surface area contributed by atoms with E-state index in [0.717, 1.165) is 44.1 Å². The van der Waals surface area contributed by atoms with Crippen molar-refractivity contribution in [2.75, 3.05) is 31.1 Å². The van der Waals surface area contributed by atoms with Gasteiger partial charge in [0.05, 0.1) is 0 Å². The first kappa shape index (κ1) is 10.9. The minimum absolute atomic E-state index is 0.614. The molecule has 0 spiro atoms. The SMILES string of the molecule is Cc1cc(N2CCN(C=O)CC2)n2ncnc2n1. The molecule has 0 atom stereocenters. The fraction of sp³-hybridized carbons (Fsp3) is 0.455. The summed E-state index contributed by atoms with van der Waals surface area (Å²) in [7, 11) is 0. The van der Waals surface area contributed by atoms with Crippen molar-refractivity contribution in [1.82, 2.24) is 24.5 Å². The molecule has 0 bridgehead atoms. The Bertz CT molecular complexity index is 572. The molecule has 1 aliphatic rings. The van der Waals surface area contributed by atoms with E-state index in [1.165, 1.54) is 6.33 Å². The Morgan fingerprint density at radius 3 is 2.78 bits per heavy atom. The van der Waals surface area contributed by atoms with E-state index in [-0.39, 0.29) is 0 Å². The molecule has 0 saturated carbocycles. The molecule has 94 valence electrons. The van der Waals surface area contributed by atoms with Crippen LogP contribution in [0, 0.1) is 6.92 Å². The van der Waals surface area contributed by atoms with E-state index in [1.54, 1.807) is 9.42 Å². The Hall–Kier alpha value is -2.18. The van der Waals surface area contributed by atoms with Gasteiger partial charge in [0.2, 0.25) is 6.41 Å². The lowest BCUT2D eigenvalue weighted by atomic mass is 10.3. The maximum absolute atomic E-state index is 10.7. The summed E-state index contributed by atoms with van der Waals surface area (Å²) in [4.78, 5) is 23.1. The van der Waals surface area contributed by atoms with Crippen LogP contribution in [-0.4, -0.2) is 57.1 Å². The van der Waals surface area contributed by atoms with Crippen LogP contribution in [0.2, 0.25) is 0 Å². The number of piperazine rings is 1. The number of fused-ring (bicyclic) bond motifs is 1. The van der Waals surface area contributed by atoms with Gasteiger partial charge >= 0.3 is 0 Å². The second-order valence-corrected chi connectivity index (χ2v) is 4.36. The Labute approximate surface area is 104 Å². The molecule has 1 aliphatic heterocycles. The number of amides is 1. The summed E-state index contributed by atoms with van der Waals surface area (Å²) in [6.45, 7) is 5.02. The van der Waals surface area contributed by atoms with Crippen LogP contribution in [0.25, 0.3) is 5.78 Å². The average Bonchev–Trinajstić information content (AvgIpc) is 2.86. The lowest BCUT2D eigenvalue weighted by Gasteiger charge is -2.33. The summed E-state index contributed by atoms with van der Waals surface area (Å²) >= 11 is 0. The van der Waals surface area contributed by atoms with Crippen molar-refractivity contribution < 1.29 is 4.79 Å². The highest BCUT2D eigenvalue weighted by Gasteiger charge is 2.19. The summed E-state index contributed by atoms with van der Waals surface area (Å²) in [6.07, 6.45) is 2.41. The van der Waals surface area contributed by atoms with Gasteiger partial charge in [0, 0.05) is 37.9 Å². The molecule has 1 amide bonds. The van der Waals surface area contributed by atoms with E-state index < -0.39 is 0 Å². The molecule has 18 heavy (non-hydrogen) atoms. The average molecular weight is 246 g/mol. The summed E-state index contributed by atoms with van der Waals surface area (Å²) < 4.78 is 1.74. The van der Waals surface area contributed by atoms with Crippen LogP contribution in [0.15, 0.2) is 12.4 Å². The predicted octanol–water partition coefficient (Wildman–Crippen LogP) is -0.289. The number of aromatic nitrogens is 4. The first-order chi connectivity index (χ1) is 8.78. The number of nitrogens with zero attached hydrogens (tertiary/aromatic N) is 6. The minimum atomic E-state index is 0.614. The van der Waals surface area contributed by atoms with Crippen molar-refractivity contribution in [1.29, 1.82) is 0 Å². The normalized spacial score (nSPS) is 16.3. The zero-order valence-electron chi connectivity index (χ0n) is 10.2. The van der Waals surface area contributed by atoms with Gasteiger partial charge in [-0.25, -0.2) is 4.98 Å². The standard InChI is InChI=1S/C11H14N6O/c1-9-6-10(17-11(14-9)12-7-13-17)16-4-2-15(8-18)3-5-16/h6-8H,2-5H2,1H3. The first-order valence-corrected chi connectivity index (χ1v) is 5.89. The molecule has 3 rings (SSSR count). The van der Waals surface area contributed by atoms with Gasteiger partial charge in [0.1, 0.15) is 12.1 Å². The third kappa shape index (κ3) is 1.77. The molecule has 0 unspecified atom stereocenters. The minimum Gasteiger partial charge on any atom is -0.353 e. The van der Waals surface area contributed by atoms with Crippen LogP contribution in [0.4, 0.5) is 5.82 Å². The van der Waals surface area contributed by atoms with Crippen LogP contribution in [-0.2, 0) is 4.79 Å². The van der Waals surface area contributed by atoms with E-state index in [1.807, 2.05) is 13.0 Å². The summed E-state index contributed by atoms with van der Waals surface area (Å²) in [5, 5.41) is 4.19. The summed E-state index contributed by atoms with van der Waals surface area (Å²) in [6, 6.07) is 2.00. The van der Waals surface area contributed by atoms with Gasteiger partial charge in [-0.15, -0.1) is 0 Å². The monoisotopic (exact) mass is 246 g/mol. The van der Waals surface area contributed by atoms with Crippen molar-refractivity contribution in [3.63, 3.8) is 0 Å². The fourth-order valence-corrected chi connectivity index (χ4v) is 2.19. The van der Waals surface area contributed by atoms with E-state index in [9.17, 15) is 4.79 Å². The molecule has 0 aromatic carbocycles. The number of rotatable bonds is 2. The van der Waals surface area contributed by atoms with Crippen LogP contribution in [0.1, 0.15) is 5.69 Å². The molecule has 0 radical (unpaired) electrons. The van der Waals surface area contributed by atoms with E-state index in [2.05, 4.69) is 20.0 Å². The van der Waals surface area contributed by atoms with Crippen molar-refractivity contribution in [3.8, 4) is 0 Å². The van der Waals surface area contributed by atoms with E-state index in [4.69, 9.17) is 0 Å². The van der Waals surface area contributed by atoms with Crippen molar-refractivity contribution >= 4 is 18.0 Å². The third-order valence-electron chi connectivity index (χ3n) is 3.15.